The molecule has 2 N–H and O–H groups in total. The van der Waals surface area contributed by atoms with Crippen LogP contribution in [0.3, 0.4) is 0 Å². The highest BCUT2D eigenvalue weighted by molar-refractivity contribution is 7.14. The Hall–Kier alpha value is -4.57. The van der Waals surface area contributed by atoms with Gasteiger partial charge < -0.3 is 20.1 Å². The zero-order chi connectivity index (χ0) is 33.6. The Morgan fingerprint density at radius 2 is 1.60 bits per heavy atom. The molecule has 0 bridgehead atoms. The summed E-state index contributed by atoms with van der Waals surface area (Å²) < 4.78 is 5.81. The molecule has 2 aromatic carbocycles. The monoisotopic (exact) mass is 654 g/mol. The Labute approximate surface area is 280 Å². The van der Waals surface area contributed by atoms with Gasteiger partial charge in [-0.15, -0.1) is 11.3 Å². The number of likely N-dealkylation sites (tertiary alicyclic amines) is 1. The third-order valence-corrected chi connectivity index (χ3v) is 9.73. The minimum Gasteiger partial charge on any atom is -0.494 e. The van der Waals surface area contributed by atoms with Gasteiger partial charge in [0.05, 0.1) is 17.4 Å². The molecule has 0 spiro atoms. The lowest BCUT2D eigenvalue weighted by atomic mass is 9.95. The second kappa shape index (κ2) is 14.9. The molecule has 0 radical (unpaired) electrons. The van der Waals surface area contributed by atoms with E-state index in [1.807, 2.05) is 54.6 Å². The Balaban J connectivity index is 1.25. The van der Waals surface area contributed by atoms with E-state index < -0.39 is 17.9 Å². The Kier molecular flexibility index (Phi) is 10.7. The quantitative estimate of drug-likeness (QED) is 0.155. The number of aromatic nitrogens is 2. The van der Waals surface area contributed by atoms with E-state index in [2.05, 4.69) is 43.0 Å². The van der Waals surface area contributed by atoms with Gasteiger partial charge in [-0.1, -0.05) is 76.9 Å². The summed E-state index contributed by atoms with van der Waals surface area (Å²) in [6.07, 6.45) is 7.22. The summed E-state index contributed by atoms with van der Waals surface area (Å²) in [5.41, 5.74) is 3.47. The normalized spacial score (nSPS) is 13.9. The summed E-state index contributed by atoms with van der Waals surface area (Å²) >= 11 is 1.41. The molecule has 0 unspecified atom stereocenters. The van der Waals surface area contributed by atoms with Crippen molar-refractivity contribution in [3.05, 3.63) is 88.4 Å². The molecule has 0 saturated carbocycles. The van der Waals surface area contributed by atoms with E-state index in [9.17, 15) is 19.5 Å². The number of hydrogen-bond donors (Lipinski definition) is 2. The van der Waals surface area contributed by atoms with Gasteiger partial charge in [-0.3, -0.25) is 14.4 Å². The number of nitrogens with zero attached hydrogens (tertiary/aromatic N) is 3. The van der Waals surface area contributed by atoms with Crippen molar-refractivity contribution in [2.24, 2.45) is 5.92 Å². The van der Waals surface area contributed by atoms with E-state index in [0.29, 0.717) is 17.3 Å². The number of rotatable bonds is 13. The molecule has 47 heavy (non-hydrogen) atoms. The van der Waals surface area contributed by atoms with Gasteiger partial charge >= 0.3 is 5.97 Å². The molecule has 1 fully saturated rings. The van der Waals surface area contributed by atoms with Crippen LogP contribution >= 0.6 is 11.3 Å². The largest absolute Gasteiger partial charge is 0.494 e. The van der Waals surface area contributed by atoms with E-state index in [1.165, 1.54) is 16.2 Å². The van der Waals surface area contributed by atoms with Crippen LogP contribution in [0.5, 0.6) is 5.75 Å². The van der Waals surface area contributed by atoms with Crippen LogP contribution in [0.2, 0.25) is 0 Å². The number of carbonyl (C=O) groups excluding carboxylic acids is 2. The molecule has 4 aromatic rings. The summed E-state index contributed by atoms with van der Waals surface area (Å²) in [5, 5.41) is 12.2. The number of aliphatic carboxylic acids is 1. The van der Waals surface area contributed by atoms with Gasteiger partial charge in [-0.25, -0.2) is 9.97 Å². The maximum absolute atomic E-state index is 13.5. The number of thiophene rings is 1. The van der Waals surface area contributed by atoms with E-state index in [-0.39, 0.29) is 36.7 Å². The van der Waals surface area contributed by atoms with Gasteiger partial charge in [0.2, 0.25) is 5.91 Å². The molecule has 9 nitrogen and oxygen atoms in total. The lowest BCUT2D eigenvalue weighted by Gasteiger charge is -2.38. The third-order valence-electron chi connectivity index (χ3n) is 8.22. The topological polar surface area (TPSA) is 122 Å². The van der Waals surface area contributed by atoms with Crippen LogP contribution in [-0.2, 0) is 21.4 Å². The molecule has 2 aromatic heterocycles. The SMILES string of the molecule is CCCCCOc1ccc(-c2cnc(-c3ccc(C[C@H](NC(=O)c4ccc(C(C)(C)C)s4)C(=O)N4CC(C(=O)O)C4)cc3)nc2)cc1. The Morgan fingerprint density at radius 3 is 2.19 bits per heavy atom. The van der Waals surface area contributed by atoms with Gasteiger partial charge in [0.15, 0.2) is 5.82 Å². The second-order valence-electron chi connectivity index (χ2n) is 13.0. The van der Waals surface area contributed by atoms with Gasteiger partial charge in [0.25, 0.3) is 5.91 Å². The van der Waals surface area contributed by atoms with Crippen LogP contribution in [0.1, 0.15) is 67.1 Å². The molecule has 10 heteroatoms. The fourth-order valence-corrected chi connectivity index (χ4v) is 6.23. The second-order valence-corrected chi connectivity index (χ2v) is 14.1. The smallest absolute Gasteiger partial charge is 0.310 e. The van der Waals surface area contributed by atoms with Crippen molar-refractivity contribution in [3.8, 4) is 28.3 Å². The first kappa shape index (κ1) is 33.8. The number of hydrogen-bond acceptors (Lipinski definition) is 7. The predicted octanol–water partition coefficient (Wildman–Crippen LogP) is 6.62. The Morgan fingerprint density at radius 1 is 0.936 bits per heavy atom. The molecular formula is C37H42N4O5S. The first-order valence-electron chi connectivity index (χ1n) is 16.1. The zero-order valence-corrected chi connectivity index (χ0v) is 28.2. The molecule has 1 aliphatic rings. The van der Waals surface area contributed by atoms with Gasteiger partial charge in [0, 0.05) is 47.9 Å². The van der Waals surface area contributed by atoms with Crippen LogP contribution in [0.15, 0.2) is 73.1 Å². The zero-order valence-electron chi connectivity index (χ0n) is 27.4. The molecule has 2 amide bonds. The highest BCUT2D eigenvalue weighted by Gasteiger charge is 2.39. The van der Waals surface area contributed by atoms with Crippen LogP contribution in [0, 0.1) is 5.92 Å². The number of ether oxygens (including phenoxy) is 1. The molecule has 1 aliphatic heterocycles. The number of unbranched alkanes of at least 4 members (excludes halogenated alkanes) is 2. The average Bonchev–Trinajstić information content (AvgIpc) is 3.55. The molecular weight excluding hydrogens is 612 g/mol. The van der Waals surface area contributed by atoms with Crippen molar-refractivity contribution >= 4 is 29.1 Å². The number of carboxylic acids is 1. The minimum absolute atomic E-state index is 0.0953. The third kappa shape index (κ3) is 8.62. The summed E-state index contributed by atoms with van der Waals surface area (Å²) in [6, 6.07) is 18.4. The van der Waals surface area contributed by atoms with Gasteiger partial charge in [-0.2, -0.15) is 0 Å². The highest BCUT2D eigenvalue weighted by atomic mass is 32.1. The van der Waals surface area contributed by atoms with E-state index in [0.717, 1.165) is 52.1 Å². The van der Waals surface area contributed by atoms with Crippen LogP contribution in [-0.4, -0.2) is 63.5 Å². The molecule has 3 heterocycles. The summed E-state index contributed by atoms with van der Waals surface area (Å²) in [4.78, 5) is 50.3. The van der Waals surface area contributed by atoms with E-state index >= 15 is 0 Å². The molecule has 0 aliphatic carbocycles. The van der Waals surface area contributed by atoms with Crippen molar-refractivity contribution in [2.45, 2.75) is 64.8 Å². The molecule has 246 valence electrons. The van der Waals surface area contributed by atoms with Crippen molar-refractivity contribution < 1.29 is 24.2 Å². The fourth-order valence-electron chi connectivity index (χ4n) is 5.27. The van der Waals surface area contributed by atoms with Crippen LogP contribution in [0.25, 0.3) is 22.5 Å². The summed E-state index contributed by atoms with van der Waals surface area (Å²) in [6.45, 7) is 9.42. The minimum atomic E-state index is -0.922. The predicted molar refractivity (Wildman–Crippen MR) is 184 cm³/mol. The van der Waals surface area contributed by atoms with Gasteiger partial charge in [-0.05, 0) is 47.2 Å². The van der Waals surface area contributed by atoms with E-state index in [4.69, 9.17) is 4.74 Å². The average molecular weight is 655 g/mol. The van der Waals surface area contributed by atoms with Crippen molar-refractivity contribution in [1.29, 1.82) is 0 Å². The van der Waals surface area contributed by atoms with Crippen molar-refractivity contribution in [1.82, 2.24) is 20.2 Å². The van der Waals surface area contributed by atoms with Crippen LogP contribution in [0.4, 0.5) is 0 Å². The van der Waals surface area contributed by atoms with E-state index in [1.54, 1.807) is 18.5 Å². The number of amides is 2. The lowest BCUT2D eigenvalue weighted by molar-refractivity contribution is -0.153. The molecule has 1 atom stereocenters. The Bertz CT molecular complexity index is 1670. The highest BCUT2D eigenvalue weighted by Crippen LogP contribution is 2.30. The van der Waals surface area contributed by atoms with Crippen molar-refractivity contribution in [2.75, 3.05) is 19.7 Å². The number of carbonyl (C=O) groups is 3. The number of benzene rings is 2. The maximum Gasteiger partial charge on any atom is 0.310 e. The van der Waals surface area contributed by atoms with Gasteiger partial charge in [0.1, 0.15) is 11.8 Å². The first-order valence-corrected chi connectivity index (χ1v) is 16.9. The molecule has 1 saturated heterocycles. The fraction of sp³-hybridized carbons (Fsp3) is 0.378. The summed E-state index contributed by atoms with van der Waals surface area (Å²) in [7, 11) is 0. The molecule has 5 rings (SSSR count). The van der Waals surface area contributed by atoms with Crippen LogP contribution < -0.4 is 10.1 Å². The van der Waals surface area contributed by atoms with Crippen molar-refractivity contribution in [3.63, 3.8) is 0 Å². The maximum atomic E-state index is 13.5. The summed E-state index contributed by atoms with van der Waals surface area (Å²) in [5.74, 6) is -0.692. The lowest BCUT2D eigenvalue weighted by Crippen LogP contribution is -2.59. The first-order chi connectivity index (χ1) is 22.5. The number of carboxylic acid groups (broad SMARTS) is 1. The number of nitrogens with one attached hydrogen (secondary N) is 1. The standard InChI is InChI=1S/C37H42N4O5S/c1-5-6-7-18-46-29-14-12-25(13-15-29)27-20-38-33(39-21-27)26-10-8-24(9-11-26)19-30(35(43)41-22-28(23-41)36(44)45)40-34(42)31-16-17-32(47-31)37(2,3)4/h8-17,20-21,28,30H,5-7,18-19,22-23H2,1-4H3,(H,40,42)(H,44,45)/t30-/m0/s1.